The van der Waals surface area contributed by atoms with Crippen LogP contribution in [-0.2, 0) is 9.59 Å². The maximum atomic E-state index is 12.8. The number of urea groups is 1. The number of carbonyl (C=O) groups is 3. The zero-order valence-corrected chi connectivity index (χ0v) is 14.3. The highest BCUT2D eigenvalue weighted by Gasteiger charge is 2.56. The van der Waals surface area contributed by atoms with Crippen LogP contribution in [0, 0.1) is 5.92 Å². The van der Waals surface area contributed by atoms with Gasteiger partial charge in [0.05, 0.1) is 0 Å². The summed E-state index contributed by atoms with van der Waals surface area (Å²) < 4.78 is 0. The Morgan fingerprint density at radius 2 is 1.87 bits per heavy atom. The normalized spacial score (nSPS) is 28.6. The van der Waals surface area contributed by atoms with Crippen molar-refractivity contribution in [1.82, 2.24) is 15.1 Å². The van der Waals surface area contributed by atoms with Gasteiger partial charge >= 0.3 is 6.03 Å². The van der Waals surface area contributed by atoms with Crippen molar-refractivity contribution in [3.63, 3.8) is 0 Å². The number of nitrogens with zero attached hydrogens (tertiary/aromatic N) is 2. The lowest BCUT2D eigenvalue weighted by atomic mass is 9.96. The van der Waals surface area contributed by atoms with Crippen LogP contribution in [0.4, 0.5) is 4.79 Å². The van der Waals surface area contributed by atoms with E-state index in [1.165, 1.54) is 0 Å². The largest absolute Gasteiger partial charge is 0.336 e. The van der Waals surface area contributed by atoms with Gasteiger partial charge in [-0.25, -0.2) is 4.79 Å². The van der Waals surface area contributed by atoms with Crippen LogP contribution < -0.4 is 5.32 Å². The first kappa shape index (κ1) is 16.3. The third-order valence-corrected chi connectivity index (χ3v) is 5.55. The Balaban J connectivity index is 1.71. The molecule has 128 valence electrons. The number of hydrogen-bond donors (Lipinski definition) is 1. The van der Waals surface area contributed by atoms with E-state index in [0.717, 1.165) is 43.4 Å². The smallest absolute Gasteiger partial charge is 0.325 e. The highest BCUT2D eigenvalue weighted by molar-refractivity contribution is 6.09. The number of rotatable bonds is 5. The van der Waals surface area contributed by atoms with Gasteiger partial charge in [-0.15, -0.1) is 0 Å². The third-order valence-electron chi connectivity index (χ3n) is 5.55. The van der Waals surface area contributed by atoms with Crippen LogP contribution in [0.25, 0.3) is 0 Å². The molecule has 1 heterocycles. The van der Waals surface area contributed by atoms with Crippen molar-refractivity contribution in [3.8, 4) is 0 Å². The lowest BCUT2D eigenvalue weighted by Gasteiger charge is -2.33. The van der Waals surface area contributed by atoms with Crippen LogP contribution in [0.1, 0.15) is 59.3 Å². The highest BCUT2D eigenvalue weighted by atomic mass is 16.2. The van der Waals surface area contributed by atoms with E-state index in [-0.39, 0.29) is 36.4 Å². The van der Waals surface area contributed by atoms with E-state index in [4.69, 9.17) is 0 Å². The van der Waals surface area contributed by atoms with Gasteiger partial charge in [-0.3, -0.25) is 14.5 Å². The monoisotopic (exact) mass is 321 g/mol. The van der Waals surface area contributed by atoms with Gasteiger partial charge in [-0.05, 0) is 52.4 Å². The molecule has 4 amide bonds. The first-order valence-electron chi connectivity index (χ1n) is 8.80. The molecule has 2 saturated carbocycles. The van der Waals surface area contributed by atoms with Crippen LogP contribution in [0.2, 0.25) is 0 Å². The molecule has 1 N–H and O–H groups in total. The zero-order valence-electron chi connectivity index (χ0n) is 14.3. The summed E-state index contributed by atoms with van der Waals surface area (Å²) in [6, 6.07) is -0.0906. The second-order valence-corrected chi connectivity index (χ2v) is 7.63. The minimum Gasteiger partial charge on any atom is -0.336 e. The quantitative estimate of drug-likeness (QED) is 0.786. The van der Waals surface area contributed by atoms with Gasteiger partial charge < -0.3 is 10.2 Å². The molecule has 23 heavy (non-hydrogen) atoms. The van der Waals surface area contributed by atoms with Crippen molar-refractivity contribution in [1.29, 1.82) is 0 Å². The molecule has 0 aromatic heterocycles. The maximum Gasteiger partial charge on any atom is 0.325 e. The first-order valence-corrected chi connectivity index (χ1v) is 8.80. The summed E-state index contributed by atoms with van der Waals surface area (Å²) in [5.74, 6) is -0.140. The second kappa shape index (κ2) is 5.80. The Morgan fingerprint density at radius 1 is 1.26 bits per heavy atom. The highest BCUT2D eigenvalue weighted by Crippen LogP contribution is 2.42. The molecule has 1 aliphatic heterocycles. The molecule has 2 aliphatic carbocycles. The summed E-state index contributed by atoms with van der Waals surface area (Å²) in [4.78, 5) is 40.6. The minimum atomic E-state index is -0.812. The molecule has 3 aliphatic rings. The van der Waals surface area contributed by atoms with Gasteiger partial charge in [0.2, 0.25) is 5.91 Å². The number of hydrogen-bond acceptors (Lipinski definition) is 3. The average molecular weight is 321 g/mol. The molecule has 0 bridgehead atoms. The standard InChI is InChI=1S/C17H27N3O3/c1-11(2)20(13-6-4-5-7-13)14(21)10-19-15(22)17(3,12-8-9-12)18-16(19)23/h11-13H,4-10H2,1-3H3,(H,18,23). The van der Waals surface area contributed by atoms with E-state index >= 15 is 0 Å². The minimum absolute atomic E-state index is 0.0844. The van der Waals surface area contributed by atoms with E-state index < -0.39 is 11.6 Å². The van der Waals surface area contributed by atoms with E-state index in [0.29, 0.717) is 0 Å². The maximum absolute atomic E-state index is 12.8. The molecule has 1 unspecified atom stereocenters. The van der Waals surface area contributed by atoms with Crippen molar-refractivity contribution in [2.24, 2.45) is 5.92 Å². The zero-order chi connectivity index (χ0) is 16.8. The number of nitrogens with one attached hydrogen (secondary N) is 1. The molecular formula is C17H27N3O3. The first-order chi connectivity index (χ1) is 10.8. The Hall–Kier alpha value is -1.59. The van der Waals surface area contributed by atoms with Gasteiger partial charge in [-0.1, -0.05) is 12.8 Å². The molecular weight excluding hydrogens is 294 g/mol. The lowest BCUT2D eigenvalue weighted by molar-refractivity contribution is -0.141. The molecule has 0 radical (unpaired) electrons. The SMILES string of the molecule is CC(C)N(C(=O)CN1C(=O)NC(C)(C2CC2)C1=O)C1CCCC1. The van der Waals surface area contributed by atoms with Gasteiger partial charge in [-0.2, -0.15) is 0 Å². The molecule has 1 atom stereocenters. The van der Waals surface area contributed by atoms with Crippen LogP contribution in [0.5, 0.6) is 0 Å². The Bertz CT molecular complexity index is 523. The topological polar surface area (TPSA) is 69.7 Å². The summed E-state index contributed by atoms with van der Waals surface area (Å²) in [6.45, 7) is 5.64. The summed E-state index contributed by atoms with van der Waals surface area (Å²) in [7, 11) is 0. The van der Waals surface area contributed by atoms with Crippen LogP contribution >= 0.6 is 0 Å². The van der Waals surface area contributed by atoms with Gasteiger partial charge in [0.25, 0.3) is 5.91 Å². The van der Waals surface area contributed by atoms with Crippen LogP contribution in [0.15, 0.2) is 0 Å². The third kappa shape index (κ3) is 2.83. The Morgan fingerprint density at radius 3 is 2.39 bits per heavy atom. The van der Waals surface area contributed by atoms with Crippen LogP contribution in [-0.4, -0.2) is 51.8 Å². The summed E-state index contributed by atoms with van der Waals surface area (Å²) >= 11 is 0. The van der Waals surface area contributed by atoms with E-state index in [1.807, 2.05) is 18.7 Å². The molecule has 0 aromatic carbocycles. The fourth-order valence-electron chi connectivity index (χ4n) is 4.11. The predicted molar refractivity (Wildman–Crippen MR) is 85.6 cm³/mol. The van der Waals surface area contributed by atoms with Crippen molar-refractivity contribution in [3.05, 3.63) is 0 Å². The predicted octanol–water partition coefficient (Wildman–Crippen LogP) is 1.89. The second-order valence-electron chi connectivity index (χ2n) is 7.63. The average Bonchev–Trinajstić information content (AvgIpc) is 3.17. The lowest BCUT2D eigenvalue weighted by Crippen LogP contribution is -2.50. The van der Waals surface area contributed by atoms with Crippen molar-refractivity contribution in [2.45, 2.75) is 76.9 Å². The molecule has 6 nitrogen and oxygen atoms in total. The van der Waals surface area contributed by atoms with Gasteiger partial charge in [0, 0.05) is 12.1 Å². The number of carbonyl (C=O) groups excluding carboxylic acids is 3. The van der Waals surface area contributed by atoms with Crippen LogP contribution in [0.3, 0.4) is 0 Å². The summed E-state index contributed by atoms with van der Waals surface area (Å²) in [6.07, 6.45) is 6.25. The fourth-order valence-corrected chi connectivity index (χ4v) is 4.11. The molecule has 6 heteroatoms. The summed E-state index contributed by atoms with van der Waals surface area (Å²) in [5, 5.41) is 2.80. The van der Waals surface area contributed by atoms with E-state index in [9.17, 15) is 14.4 Å². The van der Waals surface area contributed by atoms with Crippen molar-refractivity contribution < 1.29 is 14.4 Å². The van der Waals surface area contributed by atoms with Crippen molar-refractivity contribution >= 4 is 17.8 Å². The molecule has 1 saturated heterocycles. The molecule has 0 aromatic rings. The van der Waals surface area contributed by atoms with Gasteiger partial charge in [0.1, 0.15) is 12.1 Å². The number of amides is 4. The van der Waals surface area contributed by atoms with E-state index in [2.05, 4.69) is 5.32 Å². The molecule has 0 spiro atoms. The molecule has 3 rings (SSSR count). The van der Waals surface area contributed by atoms with Crippen molar-refractivity contribution in [2.75, 3.05) is 6.54 Å². The Kier molecular flexibility index (Phi) is 4.10. The number of imide groups is 1. The summed E-state index contributed by atoms with van der Waals surface area (Å²) in [5.41, 5.74) is -0.812. The Labute approximate surface area is 137 Å². The molecule has 3 fully saturated rings. The fraction of sp³-hybridized carbons (Fsp3) is 0.824. The van der Waals surface area contributed by atoms with E-state index in [1.54, 1.807) is 6.92 Å². The van der Waals surface area contributed by atoms with Gasteiger partial charge in [0.15, 0.2) is 0 Å².